The molecule has 1 aromatic carbocycles. The molecule has 0 aliphatic rings. The predicted octanol–water partition coefficient (Wildman–Crippen LogP) is 3.76. The van der Waals surface area contributed by atoms with Crippen LogP contribution in [-0.2, 0) is 0 Å². The monoisotopic (exact) mass is 355 g/mol. The van der Waals surface area contributed by atoms with Gasteiger partial charge in [-0.05, 0) is 40.5 Å². The number of hydrazone groups is 1. The molecule has 0 unspecified atom stereocenters. The molecule has 7 heteroatoms. The first-order chi connectivity index (χ1) is 9.74. The van der Waals surface area contributed by atoms with Crippen LogP contribution in [-0.4, -0.2) is 24.9 Å². The van der Waals surface area contributed by atoms with E-state index < -0.39 is 0 Å². The highest BCUT2D eigenvalue weighted by Gasteiger charge is 2.10. The first-order valence-corrected chi connectivity index (χ1v) is 7.60. The van der Waals surface area contributed by atoms with E-state index >= 15 is 0 Å². The molecule has 2 aromatic rings. The summed E-state index contributed by atoms with van der Waals surface area (Å²) < 4.78 is 11.7. The quantitative estimate of drug-likeness (QED) is 0.633. The number of halogens is 1. The lowest BCUT2D eigenvalue weighted by atomic mass is 10.2. The van der Waals surface area contributed by atoms with Gasteiger partial charge in [-0.3, -0.25) is 5.43 Å². The number of rotatable bonds is 6. The molecule has 0 radical (unpaired) electrons. The van der Waals surface area contributed by atoms with Crippen LogP contribution in [0.2, 0.25) is 0 Å². The molecule has 0 atom stereocenters. The van der Waals surface area contributed by atoms with Crippen LogP contribution in [0.1, 0.15) is 12.5 Å². The Labute approximate surface area is 129 Å². The number of ether oxygens (including phenoxy) is 2. The Balaban J connectivity index is 2.17. The molecule has 0 amide bonds. The number of anilines is 1. The second-order valence-corrected chi connectivity index (χ2v) is 5.42. The zero-order chi connectivity index (χ0) is 14.4. The number of benzene rings is 1. The fraction of sp³-hybridized carbons (Fsp3) is 0.231. The number of nitrogens with one attached hydrogen (secondary N) is 1. The molecule has 1 N–H and O–H groups in total. The van der Waals surface area contributed by atoms with E-state index in [4.69, 9.17) is 9.47 Å². The lowest BCUT2D eigenvalue weighted by Gasteiger charge is -2.11. The van der Waals surface area contributed by atoms with Gasteiger partial charge in [0.25, 0.3) is 0 Å². The molecule has 20 heavy (non-hydrogen) atoms. The van der Waals surface area contributed by atoms with Gasteiger partial charge in [-0.25, -0.2) is 4.98 Å². The van der Waals surface area contributed by atoms with Crippen LogP contribution in [0, 0.1) is 0 Å². The Hall–Kier alpha value is -1.60. The third-order valence-corrected chi connectivity index (χ3v) is 3.61. The molecule has 0 aliphatic carbocycles. The zero-order valence-corrected chi connectivity index (χ0v) is 13.5. The predicted molar refractivity (Wildman–Crippen MR) is 85.2 cm³/mol. The first kappa shape index (κ1) is 14.8. The minimum atomic E-state index is 0.570. The SMILES string of the molecule is CCOc1cc(/C=N\Nc2nccs2)cc(Br)c1OC. The number of hydrogen-bond acceptors (Lipinski definition) is 6. The van der Waals surface area contributed by atoms with E-state index in [0.717, 1.165) is 15.2 Å². The minimum absolute atomic E-state index is 0.570. The van der Waals surface area contributed by atoms with Crippen molar-refractivity contribution >= 4 is 38.6 Å². The Morgan fingerprint density at radius 3 is 3.00 bits per heavy atom. The average Bonchev–Trinajstić information content (AvgIpc) is 2.92. The summed E-state index contributed by atoms with van der Waals surface area (Å²) in [4.78, 5) is 4.08. The average molecular weight is 356 g/mol. The van der Waals surface area contributed by atoms with E-state index in [0.29, 0.717) is 18.1 Å². The lowest BCUT2D eigenvalue weighted by Crippen LogP contribution is -1.98. The van der Waals surface area contributed by atoms with Gasteiger partial charge < -0.3 is 9.47 Å². The lowest BCUT2D eigenvalue weighted by molar-refractivity contribution is 0.310. The molecule has 0 fully saturated rings. The summed E-state index contributed by atoms with van der Waals surface area (Å²) in [6.07, 6.45) is 3.42. The summed E-state index contributed by atoms with van der Waals surface area (Å²) in [5, 5.41) is 6.77. The molecule has 1 heterocycles. The van der Waals surface area contributed by atoms with Crippen molar-refractivity contribution in [3.63, 3.8) is 0 Å². The third kappa shape index (κ3) is 3.71. The highest BCUT2D eigenvalue weighted by molar-refractivity contribution is 9.10. The van der Waals surface area contributed by atoms with Gasteiger partial charge in [0.05, 0.1) is 24.4 Å². The molecule has 106 valence electrons. The van der Waals surface area contributed by atoms with Crippen molar-refractivity contribution in [2.75, 3.05) is 19.1 Å². The molecule has 5 nitrogen and oxygen atoms in total. The van der Waals surface area contributed by atoms with Gasteiger partial charge in [0, 0.05) is 11.6 Å². The fourth-order valence-corrected chi connectivity index (χ4v) is 2.66. The van der Waals surface area contributed by atoms with E-state index in [1.54, 1.807) is 19.5 Å². The maximum absolute atomic E-state index is 5.55. The van der Waals surface area contributed by atoms with Gasteiger partial charge in [-0.1, -0.05) is 0 Å². The van der Waals surface area contributed by atoms with Crippen molar-refractivity contribution in [1.29, 1.82) is 0 Å². The maximum atomic E-state index is 5.55. The van der Waals surface area contributed by atoms with Gasteiger partial charge >= 0.3 is 0 Å². The van der Waals surface area contributed by atoms with E-state index in [-0.39, 0.29) is 0 Å². The summed E-state index contributed by atoms with van der Waals surface area (Å²) in [5.74, 6) is 1.36. The molecule has 1 aromatic heterocycles. The van der Waals surface area contributed by atoms with Crippen LogP contribution in [0.15, 0.2) is 33.3 Å². The molecule has 2 rings (SSSR count). The van der Waals surface area contributed by atoms with Crippen LogP contribution in [0.4, 0.5) is 5.13 Å². The number of methoxy groups -OCH3 is 1. The topological polar surface area (TPSA) is 55.7 Å². The van der Waals surface area contributed by atoms with E-state index in [1.807, 2.05) is 24.4 Å². The molecule has 0 bridgehead atoms. The Kier molecular flexibility index (Phi) is 5.37. The van der Waals surface area contributed by atoms with Crippen molar-refractivity contribution in [2.45, 2.75) is 6.92 Å². The summed E-state index contributed by atoms with van der Waals surface area (Å²) in [5.41, 5.74) is 3.76. The molecular formula is C13H14BrN3O2S. The van der Waals surface area contributed by atoms with Crippen LogP contribution in [0.5, 0.6) is 11.5 Å². The maximum Gasteiger partial charge on any atom is 0.203 e. The largest absolute Gasteiger partial charge is 0.492 e. The van der Waals surface area contributed by atoms with Gasteiger partial charge in [-0.2, -0.15) is 5.10 Å². The van der Waals surface area contributed by atoms with Gasteiger partial charge in [-0.15, -0.1) is 11.3 Å². The molecule has 0 spiro atoms. The van der Waals surface area contributed by atoms with E-state index in [1.165, 1.54) is 11.3 Å². The standard InChI is InChI=1S/C13H14BrN3O2S/c1-3-19-11-7-9(6-10(14)12(11)18-2)8-16-17-13-15-4-5-20-13/h4-8H,3H2,1-2H3,(H,15,17)/b16-8-. The van der Waals surface area contributed by atoms with Crippen LogP contribution in [0.25, 0.3) is 0 Å². The van der Waals surface area contributed by atoms with Crippen molar-refractivity contribution in [3.05, 3.63) is 33.7 Å². The Bertz CT molecular complexity index is 588. The summed E-state index contributed by atoms with van der Waals surface area (Å²) >= 11 is 4.95. The second-order valence-electron chi connectivity index (χ2n) is 3.67. The van der Waals surface area contributed by atoms with Crippen molar-refractivity contribution in [1.82, 2.24) is 4.98 Å². The molecular weight excluding hydrogens is 342 g/mol. The normalized spacial score (nSPS) is 10.8. The number of thiazole rings is 1. The van der Waals surface area contributed by atoms with Crippen LogP contribution in [0.3, 0.4) is 0 Å². The zero-order valence-electron chi connectivity index (χ0n) is 11.1. The van der Waals surface area contributed by atoms with Crippen molar-refractivity contribution in [2.24, 2.45) is 5.10 Å². The highest BCUT2D eigenvalue weighted by atomic mass is 79.9. The fourth-order valence-electron chi connectivity index (χ4n) is 1.56. The summed E-state index contributed by atoms with van der Waals surface area (Å²) in [6, 6.07) is 3.79. The summed E-state index contributed by atoms with van der Waals surface area (Å²) in [7, 11) is 1.61. The second kappa shape index (κ2) is 7.25. The number of aromatic nitrogens is 1. The van der Waals surface area contributed by atoms with E-state index in [2.05, 4.69) is 31.4 Å². The minimum Gasteiger partial charge on any atom is -0.492 e. The van der Waals surface area contributed by atoms with Crippen molar-refractivity contribution < 1.29 is 9.47 Å². The molecule has 0 saturated heterocycles. The number of hydrogen-bond donors (Lipinski definition) is 1. The number of nitrogens with zero attached hydrogens (tertiary/aromatic N) is 2. The first-order valence-electron chi connectivity index (χ1n) is 5.93. The summed E-state index contributed by atoms with van der Waals surface area (Å²) in [6.45, 7) is 2.50. The Morgan fingerprint density at radius 2 is 2.35 bits per heavy atom. The van der Waals surface area contributed by atoms with Gasteiger partial charge in [0.2, 0.25) is 5.13 Å². The van der Waals surface area contributed by atoms with Crippen LogP contribution >= 0.6 is 27.3 Å². The molecule has 0 aliphatic heterocycles. The highest BCUT2D eigenvalue weighted by Crippen LogP contribution is 2.36. The van der Waals surface area contributed by atoms with Crippen molar-refractivity contribution in [3.8, 4) is 11.5 Å². The smallest absolute Gasteiger partial charge is 0.203 e. The third-order valence-electron chi connectivity index (χ3n) is 2.34. The van der Waals surface area contributed by atoms with Crippen LogP contribution < -0.4 is 14.9 Å². The van der Waals surface area contributed by atoms with E-state index in [9.17, 15) is 0 Å². The van der Waals surface area contributed by atoms with Gasteiger partial charge in [0.1, 0.15) is 0 Å². The Morgan fingerprint density at radius 1 is 1.50 bits per heavy atom. The van der Waals surface area contributed by atoms with Gasteiger partial charge in [0.15, 0.2) is 11.5 Å². The molecule has 0 saturated carbocycles.